The van der Waals surface area contributed by atoms with E-state index < -0.39 is 0 Å². The van der Waals surface area contributed by atoms with Crippen molar-refractivity contribution in [1.29, 1.82) is 0 Å². The van der Waals surface area contributed by atoms with Crippen LogP contribution in [-0.2, 0) is 11.2 Å². The Morgan fingerprint density at radius 1 is 1.22 bits per heavy atom. The van der Waals surface area contributed by atoms with Crippen LogP contribution in [0.3, 0.4) is 0 Å². The molecule has 0 radical (unpaired) electrons. The molecule has 1 aromatic rings. The number of alkyl carbamates (subject to hydrolysis) is 1. The minimum absolute atomic E-state index is 0.119. The molecule has 1 aromatic carbocycles. The number of rotatable bonds is 6. The first-order chi connectivity index (χ1) is 8.79. The van der Waals surface area contributed by atoms with Crippen LogP contribution in [-0.4, -0.2) is 12.6 Å². The number of benzene rings is 1. The summed E-state index contributed by atoms with van der Waals surface area (Å²) >= 11 is 0. The summed E-state index contributed by atoms with van der Waals surface area (Å²) in [5.74, 6) is 0. The van der Waals surface area contributed by atoms with Gasteiger partial charge in [-0.05, 0) is 24.0 Å². The lowest BCUT2D eigenvalue weighted by Gasteiger charge is -2.09. The van der Waals surface area contributed by atoms with Gasteiger partial charge in [-0.2, -0.15) is 0 Å². The molecule has 0 spiro atoms. The Balaban J connectivity index is 1.83. The average Bonchev–Trinajstić information content (AvgIpc) is 2.82. The van der Waals surface area contributed by atoms with E-state index in [-0.39, 0.29) is 12.2 Å². The van der Waals surface area contributed by atoms with Gasteiger partial charge >= 0.3 is 6.09 Å². The molecular formula is C15H21NO2. The highest BCUT2D eigenvalue weighted by atomic mass is 16.6. The number of amides is 1. The fourth-order valence-electron chi connectivity index (χ4n) is 2.23. The summed E-state index contributed by atoms with van der Waals surface area (Å²) in [4.78, 5) is 11.0. The Labute approximate surface area is 109 Å². The van der Waals surface area contributed by atoms with E-state index in [9.17, 15) is 4.79 Å². The summed E-state index contributed by atoms with van der Waals surface area (Å²) in [6.07, 6.45) is 5.87. The summed E-state index contributed by atoms with van der Waals surface area (Å²) in [5, 5.41) is 2.67. The second-order valence-electron chi connectivity index (χ2n) is 4.83. The molecule has 1 heterocycles. The molecule has 1 fully saturated rings. The van der Waals surface area contributed by atoms with Gasteiger partial charge in [-0.15, -0.1) is 0 Å². The van der Waals surface area contributed by atoms with E-state index in [1.807, 2.05) is 0 Å². The van der Waals surface area contributed by atoms with Gasteiger partial charge in [0, 0.05) is 0 Å². The van der Waals surface area contributed by atoms with Crippen LogP contribution in [0.1, 0.15) is 49.8 Å². The fourth-order valence-corrected chi connectivity index (χ4v) is 2.23. The zero-order chi connectivity index (χ0) is 12.8. The molecule has 0 aromatic heterocycles. The number of cyclic esters (lactones) is 1. The first-order valence-electron chi connectivity index (χ1n) is 6.83. The number of aryl methyl sites for hydroxylation is 1. The molecule has 1 unspecified atom stereocenters. The predicted octanol–water partition coefficient (Wildman–Crippen LogP) is 3.59. The number of unbranched alkanes of at least 4 members (excludes halogenated alkanes) is 3. The van der Waals surface area contributed by atoms with Crippen molar-refractivity contribution < 1.29 is 9.53 Å². The molecule has 2 rings (SSSR count). The summed E-state index contributed by atoms with van der Waals surface area (Å²) in [6, 6.07) is 8.43. The van der Waals surface area contributed by atoms with Gasteiger partial charge in [-0.25, -0.2) is 4.79 Å². The van der Waals surface area contributed by atoms with Crippen LogP contribution in [0, 0.1) is 0 Å². The van der Waals surface area contributed by atoms with Crippen LogP contribution in [0.2, 0.25) is 0 Å². The third-order valence-corrected chi connectivity index (χ3v) is 3.35. The van der Waals surface area contributed by atoms with E-state index in [0.717, 1.165) is 12.0 Å². The molecule has 1 atom stereocenters. The Hall–Kier alpha value is -1.51. The molecule has 0 bridgehead atoms. The van der Waals surface area contributed by atoms with Gasteiger partial charge in [-0.1, -0.05) is 50.5 Å². The van der Waals surface area contributed by atoms with Crippen molar-refractivity contribution in [2.45, 2.75) is 45.1 Å². The van der Waals surface area contributed by atoms with Gasteiger partial charge in [0.1, 0.15) is 6.10 Å². The van der Waals surface area contributed by atoms with Crippen LogP contribution in [0.25, 0.3) is 0 Å². The van der Waals surface area contributed by atoms with E-state index in [1.165, 1.54) is 31.2 Å². The van der Waals surface area contributed by atoms with E-state index in [0.29, 0.717) is 6.54 Å². The number of hydrogen-bond acceptors (Lipinski definition) is 2. The lowest BCUT2D eigenvalue weighted by molar-refractivity contribution is 0.141. The van der Waals surface area contributed by atoms with Crippen LogP contribution in [0.5, 0.6) is 0 Å². The molecule has 3 nitrogen and oxygen atoms in total. The maximum atomic E-state index is 11.0. The van der Waals surface area contributed by atoms with Crippen LogP contribution < -0.4 is 5.32 Å². The van der Waals surface area contributed by atoms with E-state index in [2.05, 4.69) is 36.5 Å². The number of carbonyl (C=O) groups excluding carboxylic acids is 1. The quantitative estimate of drug-likeness (QED) is 0.780. The third-order valence-electron chi connectivity index (χ3n) is 3.35. The summed E-state index contributed by atoms with van der Waals surface area (Å²) in [7, 11) is 0. The molecule has 3 heteroatoms. The molecule has 1 amide bonds. The second-order valence-corrected chi connectivity index (χ2v) is 4.83. The van der Waals surface area contributed by atoms with Crippen molar-refractivity contribution in [3.63, 3.8) is 0 Å². The lowest BCUT2D eigenvalue weighted by atomic mass is 10.0. The fraction of sp³-hybridized carbons (Fsp3) is 0.533. The number of carbonyl (C=O) groups is 1. The number of hydrogen-bond donors (Lipinski definition) is 1. The molecule has 0 aliphatic carbocycles. The zero-order valence-corrected chi connectivity index (χ0v) is 10.9. The van der Waals surface area contributed by atoms with E-state index >= 15 is 0 Å². The summed E-state index contributed by atoms with van der Waals surface area (Å²) in [5.41, 5.74) is 2.44. The lowest BCUT2D eigenvalue weighted by Crippen LogP contribution is -2.12. The maximum absolute atomic E-state index is 11.0. The van der Waals surface area contributed by atoms with Crippen molar-refractivity contribution in [3.05, 3.63) is 35.4 Å². The topological polar surface area (TPSA) is 38.3 Å². The highest BCUT2D eigenvalue weighted by molar-refractivity contribution is 5.69. The number of nitrogens with one attached hydrogen (secondary N) is 1. The summed E-state index contributed by atoms with van der Waals surface area (Å²) < 4.78 is 5.15. The summed E-state index contributed by atoms with van der Waals surface area (Å²) in [6.45, 7) is 2.81. The van der Waals surface area contributed by atoms with Gasteiger partial charge < -0.3 is 10.1 Å². The van der Waals surface area contributed by atoms with Crippen LogP contribution in [0.4, 0.5) is 4.79 Å². The number of ether oxygens (including phenoxy) is 1. The van der Waals surface area contributed by atoms with Gasteiger partial charge in [0.2, 0.25) is 0 Å². The average molecular weight is 247 g/mol. The molecule has 98 valence electrons. The molecular weight excluding hydrogens is 226 g/mol. The van der Waals surface area contributed by atoms with Crippen molar-refractivity contribution in [2.24, 2.45) is 0 Å². The van der Waals surface area contributed by atoms with E-state index in [4.69, 9.17) is 4.74 Å². The smallest absolute Gasteiger partial charge is 0.407 e. The van der Waals surface area contributed by atoms with Crippen molar-refractivity contribution in [2.75, 3.05) is 6.54 Å². The molecule has 1 aliphatic rings. The second kappa shape index (κ2) is 6.43. The molecule has 0 saturated carbocycles. The third kappa shape index (κ3) is 3.49. The normalized spacial score (nSPS) is 18.5. The first kappa shape index (κ1) is 12.9. The molecule has 1 N–H and O–H groups in total. The Bertz CT molecular complexity index is 386. The first-order valence-corrected chi connectivity index (χ1v) is 6.83. The molecule has 1 aliphatic heterocycles. The minimum atomic E-state index is -0.316. The molecule has 18 heavy (non-hydrogen) atoms. The van der Waals surface area contributed by atoms with Gasteiger partial charge in [0.05, 0.1) is 6.54 Å². The highest BCUT2D eigenvalue weighted by Crippen LogP contribution is 2.21. The van der Waals surface area contributed by atoms with Crippen LogP contribution in [0.15, 0.2) is 24.3 Å². The largest absolute Gasteiger partial charge is 0.439 e. The minimum Gasteiger partial charge on any atom is -0.439 e. The Morgan fingerprint density at radius 2 is 2.00 bits per heavy atom. The Kier molecular flexibility index (Phi) is 4.62. The zero-order valence-electron chi connectivity index (χ0n) is 10.9. The van der Waals surface area contributed by atoms with Crippen molar-refractivity contribution >= 4 is 6.09 Å². The molecule has 1 saturated heterocycles. The monoisotopic (exact) mass is 247 g/mol. The SMILES string of the molecule is CCCCCCc1ccc(C2CNC(=O)O2)cc1. The maximum Gasteiger partial charge on any atom is 0.407 e. The standard InChI is InChI=1S/C15H21NO2/c1-2-3-4-5-6-12-7-9-13(10-8-12)14-11-16-15(17)18-14/h7-10,14H,2-6,11H2,1H3,(H,16,17). The van der Waals surface area contributed by atoms with Crippen LogP contribution >= 0.6 is 0 Å². The van der Waals surface area contributed by atoms with Crippen molar-refractivity contribution in [1.82, 2.24) is 5.32 Å². The predicted molar refractivity (Wildman–Crippen MR) is 71.5 cm³/mol. The van der Waals surface area contributed by atoms with Gasteiger partial charge in [0.15, 0.2) is 0 Å². The van der Waals surface area contributed by atoms with Crippen molar-refractivity contribution in [3.8, 4) is 0 Å². The highest BCUT2D eigenvalue weighted by Gasteiger charge is 2.23. The van der Waals surface area contributed by atoms with Gasteiger partial charge in [0.25, 0.3) is 0 Å². The van der Waals surface area contributed by atoms with E-state index in [1.54, 1.807) is 0 Å². The van der Waals surface area contributed by atoms with Gasteiger partial charge in [-0.3, -0.25) is 0 Å². The Morgan fingerprint density at radius 3 is 2.61 bits per heavy atom.